The Bertz CT molecular complexity index is 1270. The van der Waals surface area contributed by atoms with Crippen molar-refractivity contribution in [3.8, 4) is 5.75 Å². The van der Waals surface area contributed by atoms with Gasteiger partial charge >= 0.3 is 186 Å². The number of halogens is 1. The number of carbonyl (C=O) groups excluding carboxylic acids is 1. The van der Waals surface area contributed by atoms with Gasteiger partial charge in [-0.05, 0) is 17.7 Å². The Morgan fingerprint density at radius 3 is 2.60 bits per heavy atom. The molecule has 1 amide bonds. The number of likely N-dealkylation sites (tertiary alicyclic amines) is 1. The third kappa shape index (κ3) is 8.58. The van der Waals surface area contributed by atoms with Gasteiger partial charge in [0.05, 0.1) is 6.61 Å². The maximum atomic E-state index is 13.8. The predicted octanol–water partition coefficient (Wildman–Crippen LogP) is 0.801. The molecule has 0 aliphatic carbocycles. The molecule has 8 nitrogen and oxygen atoms in total. The maximum absolute atomic E-state index is 13.8. The van der Waals surface area contributed by atoms with Gasteiger partial charge in [-0.3, -0.25) is 4.79 Å². The van der Waals surface area contributed by atoms with E-state index in [-0.39, 0.29) is 30.0 Å². The predicted molar refractivity (Wildman–Crippen MR) is 164 cm³/mol. The summed E-state index contributed by atoms with van der Waals surface area (Å²) in [5.41, 5.74) is 1.99. The summed E-state index contributed by atoms with van der Waals surface area (Å²) in [6, 6.07) is 10.7. The molecule has 2 aliphatic rings. The van der Waals surface area contributed by atoms with Crippen molar-refractivity contribution in [2.24, 2.45) is 5.92 Å². The summed E-state index contributed by atoms with van der Waals surface area (Å²) in [5.74, 6) is -0.834. The number of aliphatic carboxylic acids is 1. The van der Waals surface area contributed by atoms with Gasteiger partial charge in [-0.25, -0.2) is 0 Å². The van der Waals surface area contributed by atoms with Crippen LogP contribution in [0.4, 0.5) is 0 Å². The van der Waals surface area contributed by atoms with Crippen LogP contribution in [-0.2, 0) is 22.6 Å². The van der Waals surface area contributed by atoms with E-state index in [1.807, 2.05) is 23.1 Å². The summed E-state index contributed by atoms with van der Waals surface area (Å²) in [6.45, 7) is 5.37. The zero-order valence-corrected chi connectivity index (χ0v) is 27.9. The molecule has 1 N–H and O–H groups in total. The monoisotopic (exact) mass is 694 g/mol. The number of unbranched alkanes of at least 4 members (excludes halogenated alkanes) is 2. The third-order valence-electron chi connectivity index (χ3n) is 8.59. The number of ether oxygens (including phenoxy) is 1. The van der Waals surface area contributed by atoms with E-state index in [1.165, 1.54) is 10.5 Å². The second kappa shape index (κ2) is 14.9. The normalized spacial score (nSPS) is 20.7. The van der Waals surface area contributed by atoms with Crippen molar-refractivity contribution in [1.82, 2.24) is 14.4 Å². The van der Waals surface area contributed by atoms with Crippen LogP contribution in [0.5, 0.6) is 5.75 Å². The second-order valence-corrected chi connectivity index (χ2v) is 24.6. The van der Waals surface area contributed by atoms with Gasteiger partial charge in [0.2, 0.25) is 5.56 Å². The fraction of sp³-hybridized carbons (Fsp3) is 0.606. The van der Waals surface area contributed by atoms with Crippen LogP contribution in [0.25, 0.3) is 0 Å². The van der Waals surface area contributed by atoms with Crippen LogP contribution < -0.4 is 28.7 Å². The van der Waals surface area contributed by atoms with Gasteiger partial charge in [-0.1, -0.05) is 6.07 Å². The fourth-order valence-electron chi connectivity index (χ4n) is 6.33. The fourth-order valence-corrected chi connectivity index (χ4v) is 9.15. The van der Waals surface area contributed by atoms with Crippen LogP contribution in [0.2, 0.25) is 0 Å². The molecule has 4 rings (SSSR count). The summed E-state index contributed by atoms with van der Waals surface area (Å²) in [6.07, 6.45) is 7.18. The van der Waals surface area contributed by atoms with Crippen molar-refractivity contribution < 1.29 is 37.9 Å². The molecule has 0 unspecified atom stereocenters. The van der Waals surface area contributed by atoms with E-state index in [0.717, 1.165) is 62.1 Å². The van der Waals surface area contributed by atoms with Gasteiger partial charge in [-0.2, -0.15) is 0 Å². The number of hydrogen-bond donors (Lipinski definition) is 1. The van der Waals surface area contributed by atoms with Crippen molar-refractivity contribution in [1.29, 1.82) is 0 Å². The van der Waals surface area contributed by atoms with Gasteiger partial charge in [0.1, 0.15) is 5.75 Å². The van der Waals surface area contributed by atoms with Gasteiger partial charge in [-0.15, -0.1) is 0 Å². The minimum atomic E-state index is -1.54. The number of aromatic nitrogens is 1. The number of aryl methyl sites for hydroxylation is 1. The average Bonchev–Trinajstić information content (AvgIpc) is 3.55. The molecule has 2 aliphatic heterocycles. The summed E-state index contributed by atoms with van der Waals surface area (Å²) >= 11 is -1.54. The molecule has 1 aromatic heterocycles. The molecule has 3 atom stereocenters. The Morgan fingerprint density at radius 2 is 1.88 bits per heavy atom. The molecule has 0 spiro atoms. The molecule has 0 radical (unpaired) electrons. The van der Waals surface area contributed by atoms with Crippen molar-refractivity contribution in [2.45, 2.75) is 64.0 Å². The molecule has 234 valence electrons. The van der Waals surface area contributed by atoms with Crippen molar-refractivity contribution in [2.75, 3.05) is 52.0 Å². The second-order valence-electron chi connectivity index (χ2n) is 12.5. The molecule has 42 heavy (non-hydrogen) atoms. The van der Waals surface area contributed by atoms with E-state index < -0.39 is 30.3 Å². The number of hydrogen-bond acceptors (Lipinski definition) is 5. The number of nitrogens with zero attached hydrogens (tertiary/aromatic N) is 3. The molecule has 1 fully saturated rings. The number of amides is 1. The third-order valence-corrected chi connectivity index (χ3v) is 12.6. The molecular weight excluding hydrogens is 645 g/mol. The molecule has 2 aromatic rings. The average molecular weight is 695 g/mol. The molecule has 0 saturated carbocycles. The van der Waals surface area contributed by atoms with Crippen molar-refractivity contribution in [3.63, 3.8) is 0 Å². The summed E-state index contributed by atoms with van der Waals surface area (Å²) in [4.78, 5) is 50.5. The van der Waals surface area contributed by atoms with E-state index in [0.29, 0.717) is 26.1 Å². The Morgan fingerprint density at radius 1 is 1.10 bits per heavy atom. The summed E-state index contributed by atoms with van der Waals surface area (Å²) in [5, 5.41) is 10.5. The summed E-state index contributed by atoms with van der Waals surface area (Å²) in [7, 11) is 0. The minimum absolute atomic E-state index is 0.0779. The number of pyridine rings is 1. The van der Waals surface area contributed by atoms with Crippen LogP contribution in [0.3, 0.4) is 0 Å². The Balaban J connectivity index is 1.56. The van der Waals surface area contributed by atoms with E-state index >= 15 is 0 Å². The van der Waals surface area contributed by atoms with Gasteiger partial charge in [0.15, 0.2) is 0 Å². The number of benzene rings is 1. The Kier molecular flexibility index (Phi) is 11.5. The molecule has 1 aromatic carbocycles. The van der Waals surface area contributed by atoms with E-state index in [9.17, 15) is 19.5 Å². The first-order valence-electron chi connectivity index (χ1n) is 15.3. The molecule has 9 heteroatoms. The SMILES string of the molecule is CCCCN(CCCC[I-](C)(C)C)C(=O)CN1C[C@H](c2ccc3c(c2)CCO3)[C@@H](C(=O)O)[C@@H]1CCn1ccccc1=O. The quantitative estimate of drug-likeness (QED) is 0.169. The number of carboxylic acids is 1. The molecular formula is C33H49IN3O5-. The number of fused-ring (bicyclic) bond motifs is 1. The standard InChI is InChI=1S/C33H49IN3O5/c1-5-6-17-35(19-10-8-16-34(2,3)4)31(39)24-37-23-27(25-12-13-29-26(22-25)15-21-42-29)32(33(40)41)28(37)14-20-36-18-9-7-11-30(36)38/h7,9,11-13,18,22,27-28,32H,5-6,8,10,14-17,19-21,23-24H2,1-4H3,(H,40,41)/q-1/t27-,28+,32-/m1/s1. The zero-order valence-electron chi connectivity index (χ0n) is 25.8. The minimum Gasteiger partial charge on any atom is -0.269 e. The Labute approximate surface area is 254 Å². The number of rotatable bonds is 15. The molecule has 3 heterocycles. The smallest absolute Gasteiger partial charge is 0.269 e. The van der Waals surface area contributed by atoms with Gasteiger partial charge < -0.3 is 4.74 Å². The molecule has 0 bridgehead atoms. The van der Waals surface area contributed by atoms with Crippen LogP contribution >= 0.6 is 0 Å². The van der Waals surface area contributed by atoms with Crippen LogP contribution in [0.1, 0.15) is 56.1 Å². The molecule has 1 saturated heterocycles. The van der Waals surface area contributed by atoms with E-state index in [2.05, 4.69) is 32.7 Å². The Hall–Kier alpha value is -2.40. The zero-order chi connectivity index (χ0) is 30.3. The first-order chi connectivity index (χ1) is 20.1. The van der Waals surface area contributed by atoms with Crippen molar-refractivity contribution >= 4 is 11.9 Å². The van der Waals surface area contributed by atoms with Gasteiger partial charge in [0, 0.05) is 18.7 Å². The number of carbonyl (C=O) groups is 2. The van der Waals surface area contributed by atoms with Crippen molar-refractivity contribution in [3.05, 3.63) is 64.1 Å². The van der Waals surface area contributed by atoms with Crippen LogP contribution in [0, 0.1) is 5.92 Å². The first-order valence-corrected chi connectivity index (χ1v) is 23.3. The van der Waals surface area contributed by atoms with Gasteiger partial charge in [0.25, 0.3) is 0 Å². The van der Waals surface area contributed by atoms with Crippen LogP contribution in [0.15, 0.2) is 47.4 Å². The van der Waals surface area contributed by atoms with E-state index in [4.69, 9.17) is 4.74 Å². The number of carboxylic acid groups (broad SMARTS) is 1. The van der Waals surface area contributed by atoms with E-state index in [1.54, 1.807) is 16.8 Å². The first kappa shape index (κ1) is 32.5. The topological polar surface area (TPSA) is 92.1 Å². The summed E-state index contributed by atoms with van der Waals surface area (Å²) < 4.78 is 8.62. The van der Waals surface area contributed by atoms with Crippen LogP contribution in [-0.4, -0.2) is 89.4 Å². The number of alkyl halides is 4.